The molecule has 8 heteroatoms. The third-order valence-electron chi connectivity index (χ3n) is 2.58. The number of aryl methyl sites for hydroxylation is 1. The zero-order valence-corrected chi connectivity index (χ0v) is 11.5. The second kappa shape index (κ2) is 5.34. The summed E-state index contributed by atoms with van der Waals surface area (Å²) in [6.07, 6.45) is 1.27. The number of aliphatic hydroxyl groups excluding tert-OH is 1. The molecule has 0 spiro atoms. The van der Waals surface area contributed by atoms with Crippen LogP contribution in [0.15, 0.2) is 11.2 Å². The molecule has 0 radical (unpaired) electrons. The molecule has 2 N–H and O–H groups in total. The molecule has 2 atom stereocenters. The average molecular weight is 282 g/mol. The normalized spacial score (nSPS) is 15.8. The highest BCUT2D eigenvalue weighted by molar-refractivity contribution is 7.89. The monoisotopic (exact) mass is 281 g/mol. The Morgan fingerprint density at radius 2 is 2.18 bits per heavy atom. The van der Waals surface area contributed by atoms with Gasteiger partial charge in [0.25, 0.3) is 10.0 Å². The number of aliphatic hydroxyl groups is 1. The van der Waals surface area contributed by atoms with Crippen molar-refractivity contribution in [2.75, 3.05) is 6.61 Å². The van der Waals surface area contributed by atoms with E-state index in [-0.39, 0.29) is 22.6 Å². The van der Waals surface area contributed by atoms with Crippen molar-refractivity contribution in [3.63, 3.8) is 0 Å². The molecule has 0 fully saturated rings. The second-order valence-electron chi connectivity index (χ2n) is 3.99. The molecule has 0 aliphatic heterocycles. The van der Waals surface area contributed by atoms with Gasteiger partial charge in [-0.25, -0.2) is 13.1 Å². The Bertz CT molecular complexity index is 466. The lowest BCUT2D eigenvalue weighted by Crippen LogP contribution is -2.39. The number of aromatic nitrogens is 2. The van der Waals surface area contributed by atoms with Crippen LogP contribution in [0.25, 0.3) is 0 Å². The molecule has 0 saturated carbocycles. The van der Waals surface area contributed by atoms with Gasteiger partial charge in [0, 0.05) is 19.7 Å². The van der Waals surface area contributed by atoms with E-state index >= 15 is 0 Å². The van der Waals surface area contributed by atoms with Crippen LogP contribution in [-0.4, -0.2) is 36.0 Å². The van der Waals surface area contributed by atoms with Gasteiger partial charge in [0.15, 0.2) is 5.03 Å². The van der Waals surface area contributed by atoms with Crippen LogP contribution in [0.5, 0.6) is 0 Å². The minimum absolute atomic E-state index is 0.0730. The molecule has 0 bridgehead atoms. The van der Waals surface area contributed by atoms with E-state index < -0.39 is 16.1 Å². The van der Waals surface area contributed by atoms with Crippen LogP contribution < -0.4 is 4.72 Å². The minimum atomic E-state index is -3.73. The van der Waals surface area contributed by atoms with Crippen molar-refractivity contribution in [3.05, 3.63) is 11.2 Å². The third-order valence-corrected chi connectivity index (χ3v) is 4.64. The Labute approximate surface area is 106 Å². The maximum absolute atomic E-state index is 12.0. The lowest BCUT2D eigenvalue weighted by Gasteiger charge is -2.19. The van der Waals surface area contributed by atoms with E-state index in [1.165, 1.54) is 17.9 Å². The molecule has 0 amide bonds. The van der Waals surface area contributed by atoms with E-state index in [9.17, 15) is 8.42 Å². The van der Waals surface area contributed by atoms with Crippen LogP contribution in [-0.2, 0) is 17.1 Å². The van der Waals surface area contributed by atoms with E-state index in [1.54, 1.807) is 13.8 Å². The van der Waals surface area contributed by atoms with Crippen LogP contribution in [0.1, 0.15) is 13.8 Å². The van der Waals surface area contributed by atoms with Gasteiger partial charge in [-0.2, -0.15) is 5.10 Å². The highest BCUT2D eigenvalue weighted by atomic mass is 35.5. The molecule has 17 heavy (non-hydrogen) atoms. The van der Waals surface area contributed by atoms with E-state index in [0.29, 0.717) is 0 Å². The topological polar surface area (TPSA) is 84.2 Å². The van der Waals surface area contributed by atoms with E-state index in [4.69, 9.17) is 16.7 Å². The van der Waals surface area contributed by atoms with Gasteiger partial charge in [0.2, 0.25) is 0 Å². The van der Waals surface area contributed by atoms with Gasteiger partial charge >= 0.3 is 0 Å². The zero-order chi connectivity index (χ0) is 13.2. The molecule has 0 aliphatic carbocycles. The molecular weight excluding hydrogens is 266 g/mol. The Morgan fingerprint density at radius 1 is 1.59 bits per heavy atom. The molecule has 0 saturated heterocycles. The van der Waals surface area contributed by atoms with Gasteiger partial charge in [0.1, 0.15) is 0 Å². The molecule has 2 unspecified atom stereocenters. The number of nitrogens with zero attached hydrogens (tertiary/aromatic N) is 2. The largest absolute Gasteiger partial charge is 0.396 e. The van der Waals surface area contributed by atoms with Gasteiger partial charge in [-0.05, 0) is 12.8 Å². The van der Waals surface area contributed by atoms with Crippen molar-refractivity contribution < 1.29 is 13.5 Å². The molecule has 98 valence electrons. The fourth-order valence-electron chi connectivity index (χ4n) is 1.28. The van der Waals surface area contributed by atoms with Crippen molar-refractivity contribution in [3.8, 4) is 0 Å². The Hall–Kier alpha value is -0.630. The van der Waals surface area contributed by atoms with Gasteiger partial charge in [-0.3, -0.25) is 4.68 Å². The number of sulfonamides is 1. The van der Waals surface area contributed by atoms with Crippen molar-refractivity contribution in [2.45, 2.75) is 24.9 Å². The van der Waals surface area contributed by atoms with E-state index in [2.05, 4.69) is 9.82 Å². The predicted octanol–water partition coefficient (Wildman–Crippen LogP) is 0.369. The highest BCUT2D eigenvalue weighted by Crippen LogP contribution is 2.20. The van der Waals surface area contributed by atoms with E-state index in [0.717, 1.165) is 0 Å². The smallest absolute Gasteiger partial charge is 0.259 e. The first-order valence-corrected chi connectivity index (χ1v) is 6.96. The first kappa shape index (κ1) is 14.4. The maximum atomic E-state index is 12.0. The summed E-state index contributed by atoms with van der Waals surface area (Å²) in [6.45, 7) is 3.34. The van der Waals surface area contributed by atoms with Crippen LogP contribution >= 0.6 is 11.6 Å². The summed E-state index contributed by atoms with van der Waals surface area (Å²) in [5.74, 6) is -0.184. The first-order chi connectivity index (χ1) is 7.79. The average Bonchev–Trinajstić information content (AvgIpc) is 2.57. The molecule has 6 nitrogen and oxygen atoms in total. The molecule has 0 aliphatic rings. The molecular formula is C9H16ClN3O3S. The number of hydrogen-bond acceptors (Lipinski definition) is 4. The summed E-state index contributed by atoms with van der Waals surface area (Å²) < 4.78 is 27.7. The third kappa shape index (κ3) is 3.19. The summed E-state index contributed by atoms with van der Waals surface area (Å²) in [6, 6.07) is -0.393. The van der Waals surface area contributed by atoms with Crippen molar-refractivity contribution >= 4 is 21.6 Å². The second-order valence-corrected chi connectivity index (χ2v) is 6.03. The van der Waals surface area contributed by atoms with Crippen molar-refractivity contribution in [2.24, 2.45) is 13.0 Å². The fraction of sp³-hybridized carbons (Fsp3) is 0.667. The van der Waals surface area contributed by atoms with E-state index in [1.807, 2.05) is 0 Å². The minimum Gasteiger partial charge on any atom is -0.396 e. The zero-order valence-electron chi connectivity index (χ0n) is 9.88. The maximum Gasteiger partial charge on any atom is 0.259 e. The highest BCUT2D eigenvalue weighted by Gasteiger charge is 2.26. The Balaban J connectivity index is 2.98. The van der Waals surface area contributed by atoms with Crippen LogP contribution in [0.4, 0.5) is 0 Å². The Kier molecular flexibility index (Phi) is 4.54. The molecule has 1 aromatic rings. The van der Waals surface area contributed by atoms with Gasteiger partial charge in [0.05, 0.1) is 11.2 Å². The summed E-state index contributed by atoms with van der Waals surface area (Å²) in [5.41, 5.74) is 0. The predicted molar refractivity (Wildman–Crippen MR) is 64.3 cm³/mol. The van der Waals surface area contributed by atoms with Crippen LogP contribution in [0, 0.1) is 5.92 Å². The number of hydrogen-bond donors (Lipinski definition) is 2. The summed E-state index contributed by atoms with van der Waals surface area (Å²) in [4.78, 5) is 0. The summed E-state index contributed by atoms with van der Waals surface area (Å²) in [5, 5.41) is 12.7. The van der Waals surface area contributed by atoms with Gasteiger partial charge in [-0.15, -0.1) is 0 Å². The fourth-order valence-corrected chi connectivity index (χ4v) is 3.29. The molecule has 1 heterocycles. The quantitative estimate of drug-likeness (QED) is 0.817. The van der Waals surface area contributed by atoms with Crippen molar-refractivity contribution in [1.82, 2.24) is 14.5 Å². The summed E-state index contributed by atoms with van der Waals surface area (Å²) in [7, 11) is -2.22. The van der Waals surface area contributed by atoms with Crippen LogP contribution in [0.2, 0.25) is 5.02 Å². The van der Waals surface area contributed by atoms with Crippen LogP contribution in [0.3, 0.4) is 0 Å². The summed E-state index contributed by atoms with van der Waals surface area (Å²) >= 11 is 5.77. The lowest BCUT2D eigenvalue weighted by atomic mass is 10.1. The molecule has 0 aromatic carbocycles. The number of halogens is 1. The van der Waals surface area contributed by atoms with Gasteiger partial charge < -0.3 is 5.11 Å². The first-order valence-electron chi connectivity index (χ1n) is 5.10. The lowest BCUT2D eigenvalue weighted by molar-refractivity contribution is 0.216. The molecule has 1 rings (SSSR count). The number of nitrogens with one attached hydrogen (secondary N) is 1. The molecule has 1 aromatic heterocycles. The van der Waals surface area contributed by atoms with Crippen molar-refractivity contribution in [1.29, 1.82) is 0 Å². The standard InChI is InChI=1S/C9H16ClN3O3S/c1-6(5-14)7(2)12-17(15,16)9-8(10)4-11-13(9)3/h4,6-7,12,14H,5H2,1-3H3. The van der Waals surface area contributed by atoms with Gasteiger partial charge in [-0.1, -0.05) is 18.5 Å². The SMILES string of the molecule is CC(CO)C(C)NS(=O)(=O)c1c(Cl)cnn1C. The number of rotatable bonds is 5. The Morgan fingerprint density at radius 3 is 2.59 bits per heavy atom.